The molecule has 0 unspecified atom stereocenters. The van der Waals surface area contributed by atoms with E-state index in [0.717, 1.165) is 4.47 Å². The summed E-state index contributed by atoms with van der Waals surface area (Å²) in [7, 11) is 0. The van der Waals surface area contributed by atoms with Crippen LogP contribution in [0, 0.1) is 0 Å². The van der Waals surface area contributed by atoms with Crippen LogP contribution in [-0.4, -0.2) is 11.8 Å². The highest BCUT2D eigenvalue weighted by Gasteiger charge is 2.12. The monoisotopic (exact) mass is 347 g/mol. The molecule has 0 radical (unpaired) electrons. The van der Waals surface area contributed by atoms with Crippen molar-refractivity contribution in [2.75, 3.05) is 11.1 Å². The Morgan fingerprint density at radius 3 is 2.52 bits per heavy atom. The number of hydrogen-bond acceptors (Lipinski definition) is 3. The average Bonchev–Trinajstić information content (AvgIpc) is 2.40. The van der Waals surface area contributed by atoms with Gasteiger partial charge >= 0.3 is 0 Å². The first kappa shape index (κ1) is 15.1. The van der Waals surface area contributed by atoms with Crippen LogP contribution < -0.4 is 16.8 Å². The van der Waals surface area contributed by atoms with E-state index in [0.29, 0.717) is 22.5 Å². The second-order valence-corrected chi connectivity index (χ2v) is 5.40. The standard InChI is InChI=1S/C15H14BrN3O2/c16-10-5-6-11(12(17)8-10)15(21)19-13-4-2-1-3-9(13)7-14(18)20/h1-6,8H,7,17H2,(H2,18,20)(H,19,21). The van der Waals surface area contributed by atoms with Crippen molar-refractivity contribution in [3.8, 4) is 0 Å². The van der Waals surface area contributed by atoms with Gasteiger partial charge in [0.05, 0.1) is 12.0 Å². The molecule has 0 spiro atoms. The van der Waals surface area contributed by atoms with Crippen LogP contribution in [0.1, 0.15) is 15.9 Å². The van der Waals surface area contributed by atoms with Gasteiger partial charge in [0.15, 0.2) is 0 Å². The number of nitrogens with two attached hydrogens (primary N) is 2. The summed E-state index contributed by atoms with van der Waals surface area (Å²) in [6.45, 7) is 0. The first-order valence-corrected chi connectivity index (χ1v) is 6.99. The number of halogens is 1. The Hall–Kier alpha value is -2.34. The summed E-state index contributed by atoms with van der Waals surface area (Å²) in [6, 6.07) is 12.0. The number of hydrogen-bond donors (Lipinski definition) is 3. The Kier molecular flexibility index (Phi) is 4.59. The highest BCUT2D eigenvalue weighted by atomic mass is 79.9. The maximum absolute atomic E-state index is 12.3. The maximum Gasteiger partial charge on any atom is 0.257 e. The lowest BCUT2D eigenvalue weighted by molar-refractivity contribution is -0.117. The average molecular weight is 348 g/mol. The third-order valence-corrected chi connectivity index (χ3v) is 3.38. The van der Waals surface area contributed by atoms with Gasteiger partial charge in [0.1, 0.15) is 0 Å². The highest BCUT2D eigenvalue weighted by Crippen LogP contribution is 2.21. The lowest BCUT2D eigenvalue weighted by Crippen LogP contribution is -2.18. The quantitative estimate of drug-likeness (QED) is 0.740. The van der Waals surface area contributed by atoms with Gasteiger partial charge in [0.2, 0.25) is 5.91 Å². The maximum atomic E-state index is 12.3. The number of amides is 2. The number of carbonyl (C=O) groups excluding carboxylic acids is 2. The van der Waals surface area contributed by atoms with Crippen LogP contribution in [0.5, 0.6) is 0 Å². The Morgan fingerprint density at radius 2 is 1.86 bits per heavy atom. The smallest absolute Gasteiger partial charge is 0.257 e. The number of anilines is 2. The molecule has 108 valence electrons. The fourth-order valence-corrected chi connectivity index (χ4v) is 2.29. The molecule has 0 fully saturated rings. The van der Waals surface area contributed by atoms with Crippen molar-refractivity contribution in [3.05, 3.63) is 58.1 Å². The molecule has 0 atom stereocenters. The van der Waals surface area contributed by atoms with E-state index in [1.165, 1.54) is 0 Å². The van der Waals surface area contributed by atoms with Crippen molar-refractivity contribution in [1.29, 1.82) is 0 Å². The summed E-state index contributed by atoms with van der Waals surface area (Å²) in [5.41, 5.74) is 13.0. The summed E-state index contributed by atoms with van der Waals surface area (Å²) in [4.78, 5) is 23.3. The normalized spacial score (nSPS) is 10.1. The molecule has 0 aliphatic heterocycles. The van der Waals surface area contributed by atoms with E-state index in [2.05, 4.69) is 21.2 Å². The summed E-state index contributed by atoms with van der Waals surface area (Å²) >= 11 is 3.29. The van der Waals surface area contributed by atoms with Gasteiger partial charge in [-0.25, -0.2) is 0 Å². The largest absolute Gasteiger partial charge is 0.398 e. The van der Waals surface area contributed by atoms with Crippen LogP contribution in [0.15, 0.2) is 46.9 Å². The Bertz CT molecular complexity index is 701. The van der Waals surface area contributed by atoms with E-state index in [4.69, 9.17) is 11.5 Å². The third kappa shape index (κ3) is 3.82. The summed E-state index contributed by atoms with van der Waals surface area (Å²) in [6.07, 6.45) is 0.0618. The van der Waals surface area contributed by atoms with E-state index in [9.17, 15) is 9.59 Å². The van der Waals surface area contributed by atoms with E-state index < -0.39 is 5.91 Å². The van der Waals surface area contributed by atoms with Crippen molar-refractivity contribution in [2.45, 2.75) is 6.42 Å². The fraction of sp³-hybridized carbons (Fsp3) is 0.0667. The zero-order valence-electron chi connectivity index (χ0n) is 11.1. The minimum Gasteiger partial charge on any atom is -0.398 e. The molecule has 2 amide bonds. The number of rotatable bonds is 4. The fourth-order valence-electron chi connectivity index (χ4n) is 1.91. The molecule has 2 rings (SSSR count). The van der Waals surface area contributed by atoms with Gasteiger partial charge in [-0.05, 0) is 29.8 Å². The van der Waals surface area contributed by atoms with E-state index >= 15 is 0 Å². The predicted octanol–water partition coefficient (Wildman–Crippen LogP) is 2.31. The van der Waals surface area contributed by atoms with E-state index in [-0.39, 0.29) is 12.3 Å². The van der Waals surface area contributed by atoms with E-state index in [1.807, 2.05) is 0 Å². The molecule has 2 aromatic carbocycles. The van der Waals surface area contributed by atoms with Crippen molar-refractivity contribution in [3.63, 3.8) is 0 Å². The number of nitrogens with one attached hydrogen (secondary N) is 1. The number of carbonyl (C=O) groups is 2. The number of primary amides is 1. The van der Waals surface area contributed by atoms with Crippen molar-refractivity contribution < 1.29 is 9.59 Å². The summed E-state index contributed by atoms with van der Waals surface area (Å²) < 4.78 is 0.797. The van der Waals surface area contributed by atoms with Crippen molar-refractivity contribution >= 4 is 39.1 Å². The first-order valence-electron chi connectivity index (χ1n) is 6.20. The van der Waals surface area contributed by atoms with Crippen LogP contribution >= 0.6 is 15.9 Å². The van der Waals surface area contributed by atoms with Gasteiger partial charge in [0.25, 0.3) is 5.91 Å². The van der Waals surface area contributed by atoms with Gasteiger partial charge in [-0.2, -0.15) is 0 Å². The topological polar surface area (TPSA) is 98.2 Å². The van der Waals surface area contributed by atoms with Gasteiger partial charge in [-0.15, -0.1) is 0 Å². The van der Waals surface area contributed by atoms with Crippen molar-refractivity contribution in [2.24, 2.45) is 5.73 Å². The zero-order valence-corrected chi connectivity index (χ0v) is 12.7. The molecule has 0 saturated carbocycles. The molecule has 21 heavy (non-hydrogen) atoms. The summed E-state index contributed by atoms with van der Waals surface area (Å²) in [5.74, 6) is -0.795. The van der Waals surface area contributed by atoms with Gasteiger partial charge in [-0.1, -0.05) is 34.1 Å². The van der Waals surface area contributed by atoms with Gasteiger partial charge < -0.3 is 16.8 Å². The molecule has 0 heterocycles. The lowest BCUT2D eigenvalue weighted by Gasteiger charge is -2.11. The zero-order chi connectivity index (χ0) is 15.4. The second-order valence-electron chi connectivity index (χ2n) is 4.49. The Morgan fingerprint density at radius 1 is 1.14 bits per heavy atom. The first-order chi connectivity index (χ1) is 9.97. The molecule has 5 N–H and O–H groups in total. The Labute approximate surface area is 130 Å². The minimum absolute atomic E-state index is 0.0618. The molecule has 0 aliphatic rings. The van der Waals surface area contributed by atoms with Crippen LogP contribution in [0.4, 0.5) is 11.4 Å². The Balaban J connectivity index is 2.25. The molecule has 0 bridgehead atoms. The predicted molar refractivity (Wildman–Crippen MR) is 85.8 cm³/mol. The van der Waals surface area contributed by atoms with Crippen LogP contribution in [0.2, 0.25) is 0 Å². The lowest BCUT2D eigenvalue weighted by atomic mass is 10.1. The van der Waals surface area contributed by atoms with Crippen LogP contribution in [0.3, 0.4) is 0 Å². The highest BCUT2D eigenvalue weighted by molar-refractivity contribution is 9.10. The second kappa shape index (κ2) is 6.41. The number of para-hydroxylation sites is 1. The SMILES string of the molecule is NC(=O)Cc1ccccc1NC(=O)c1ccc(Br)cc1N. The molecular weight excluding hydrogens is 334 g/mol. The molecule has 2 aromatic rings. The van der Waals surface area contributed by atoms with Crippen LogP contribution in [0.25, 0.3) is 0 Å². The van der Waals surface area contributed by atoms with Gasteiger partial charge in [0, 0.05) is 15.8 Å². The number of benzene rings is 2. The third-order valence-electron chi connectivity index (χ3n) is 2.89. The molecule has 0 saturated heterocycles. The minimum atomic E-state index is -0.458. The summed E-state index contributed by atoms with van der Waals surface area (Å²) in [5, 5.41) is 2.75. The molecular formula is C15H14BrN3O2. The molecule has 6 heteroatoms. The molecule has 0 aromatic heterocycles. The van der Waals surface area contributed by atoms with Crippen molar-refractivity contribution in [1.82, 2.24) is 0 Å². The molecule has 5 nitrogen and oxygen atoms in total. The van der Waals surface area contributed by atoms with Gasteiger partial charge in [-0.3, -0.25) is 9.59 Å². The van der Waals surface area contributed by atoms with Crippen LogP contribution in [-0.2, 0) is 11.2 Å². The van der Waals surface area contributed by atoms with E-state index in [1.54, 1.807) is 42.5 Å². The molecule has 0 aliphatic carbocycles. The number of nitrogen functional groups attached to an aromatic ring is 1.